The Morgan fingerprint density at radius 1 is 1.32 bits per heavy atom. The molecule has 0 saturated carbocycles. The van der Waals surface area contributed by atoms with Crippen LogP contribution in [-0.4, -0.2) is 16.1 Å². The third-order valence-electron chi connectivity index (χ3n) is 2.60. The lowest BCUT2D eigenvalue weighted by Crippen LogP contribution is -1.99. The highest BCUT2D eigenvalue weighted by molar-refractivity contribution is 9.10. The lowest BCUT2D eigenvalue weighted by molar-refractivity contribution is 0.0696. The summed E-state index contributed by atoms with van der Waals surface area (Å²) in [5.41, 5.74) is 2.16. The van der Waals surface area contributed by atoms with Gasteiger partial charge in [-0.2, -0.15) is 0 Å². The highest BCUT2D eigenvalue weighted by Gasteiger charge is 2.10. The van der Waals surface area contributed by atoms with Crippen LogP contribution in [0.3, 0.4) is 0 Å². The first kappa shape index (κ1) is 14.1. The van der Waals surface area contributed by atoms with Crippen molar-refractivity contribution in [3.63, 3.8) is 0 Å². The fourth-order valence-electron chi connectivity index (χ4n) is 1.60. The van der Waals surface area contributed by atoms with Gasteiger partial charge in [0.1, 0.15) is 5.03 Å². The minimum Gasteiger partial charge on any atom is -0.478 e. The zero-order valence-corrected chi connectivity index (χ0v) is 12.9. The van der Waals surface area contributed by atoms with Crippen LogP contribution in [0, 0.1) is 13.8 Å². The van der Waals surface area contributed by atoms with Crippen molar-refractivity contribution in [1.82, 2.24) is 4.98 Å². The number of halogens is 1. The molecule has 0 fully saturated rings. The molecule has 0 aliphatic heterocycles. The van der Waals surface area contributed by atoms with Crippen LogP contribution in [0.5, 0.6) is 0 Å². The topological polar surface area (TPSA) is 50.2 Å². The Kier molecular flexibility index (Phi) is 4.27. The lowest BCUT2D eigenvalue weighted by Gasteiger charge is -2.07. The predicted molar refractivity (Wildman–Crippen MR) is 78.9 cm³/mol. The van der Waals surface area contributed by atoms with Crippen molar-refractivity contribution in [3.8, 4) is 0 Å². The van der Waals surface area contributed by atoms with Crippen molar-refractivity contribution in [2.75, 3.05) is 0 Å². The number of rotatable bonds is 3. The SMILES string of the molecule is Cc1cnc(Sc2ccc(C)c(C(=O)O)c2)c(Br)c1. The van der Waals surface area contributed by atoms with Crippen molar-refractivity contribution >= 4 is 33.7 Å². The maximum atomic E-state index is 11.1. The summed E-state index contributed by atoms with van der Waals surface area (Å²) < 4.78 is 0.912. The van der Waals surface area contributed by atoms with Crippen LogP contribution in [0.25, 0.3) is 0 Å². The second kappa shape index (κ2) is 5.75. The van der Waals surface area contributed by atoms with E-state index in [9.17, 15) is 4.79 Å². The summed E-state index contributed by atoms with van der Waals surface area (Å²) in [5.74, 6) is -0.907. The normalized spacial score (nSPS) is 10.5. The zero-order valence-electron chi connectivity index (χ0n) is 10.5. The second-order valence-electron chi connectivity index (χ2n) is 4.18. The fourth-order valence-corrected chi connectivity index (χ4v) is 3.11. The van der Waals surface area contributed by atoms with Gasteiger partial charge in [-0.3, -0.25) is 0 Å². The number of nitrogens with zero attached hydrogens (tertiary/aromatic N) is 1. The molecular formula is C14H12BrNO2S. The molecule has 19 heavy (non-hydrogen) atoms. The van der Waals surface area contributed by atoms with Crippen LogP contribution in [0.15, 0.2) is 44.9 Å². The van der Waals surface area contributed by atoms with Gasteiger partial charge in [0.15, 0.2) is 0 Å². The standard InChI is InChI=1S/C14H12BrNO2S/c1-8-5-12(15)13(16-7-8)19-10-4-3-9(2)11(6-10)14(17)18/h3-7H,1-2H3,(H,17,18). The molecule has 98 valence electrons. The first-order valence-corrected chi connectivity index (χ1v) is 7.22. The third kappa shape index (κ3) is 3.36. The Morgan fingerprint density at radius 3 is 2.68 bits per heavy atom. The number of aryl methyl sites for hydroxylation is 2. The first-order valence-electron chi connectivity index (χ1n) is 5.61. The molecule has 2 rings (SSSR count). The Morgan fingerprint density at radius 2 is 2.05 bits per heavy atom. The van der Waals surface area contributed by atoms with Gasteiger partial charge in [-0.05, 0) is 59.1 Å². The minimum absolute atomic E-state index is 0.327. The summed E-state index contributed by atoms with van der Waals surface area (Å²) >= 11 is 4.91. The molecule has 0 aliphatic rings. The Labute approximate surface area is 124 Å². The van der Waals surface area contributed by atoms with E-state index in [2.05, 4.69) is 20.9 Å². The highest BCUT2D eigenvalue weighted by atomic mass is 79.9. The summed E-state index contributed by atoms with van der Waals surface area (Å²) in [7, 11) is 0. The summed E-state index contributed by atoms with van der Waals surface area (Å²) in [5, 5.41) is 9.94. The van der Waals surface area contributed by atoms with Gasteiger partial charge >= 0.3 is 5.97 Å². The summed E-state index contributed by atoms with van der Waals surface area (Å²) in [6, 6.07) is 7.38. The predicted octanol–water partition coefficient (Wildman–Crippen LogP) is 4.31. The average molecular weight is 338 g/mol. The number of carbonyl (C=O) groups is 1. The summed E-state index contributed by atoms with van der Waals surface area (Å²) in [6.45, 7) is 3.76. The molecule has 0 spiro atoms. The molecule has 2 aromatic rings. The van der Waals surface area contributed by atoms with Gasteiger partial charge in [-0.1, -0.05) is 17.8 Å². The molecule has 1 N–H and O–H groups in total. The second-order valence-corrected chi connectivity index (χ2v) is 6.10. The molecule has 1 aromatic carbocycles. The summed E-state index contributed by atoms with van der Waals surface area (Å²) in [6.07, 6.45) is 1.79. The van der Waals surface area contributed by atoms with Crippen molar-refractivity contribution in [2.45, 2.75) is 23.8 Å². The smallest absolute Gasteiger partial charge is 0.335 e. The van der Waals surface area contributed by atoms with Crippen LogP contribution in [-0.2, 0) is 0 Å². The van der Waals surface area contributed by atoms with Gasteiger partial charge in [0, 0.05) is 11.1 Å². The highest BCUT2D eigenvalue weighted by Crippen LogP contribution is 2.33. The molecule has 1 aromatic heterocycles. The number of hydrogen-bond donors (Lipinski definition) is 1. The molecule has 0 amide bonds. The molecule has 0 aliphatic carbocycles. The Balaban J connectivity index is 2.33. The molecule has 1 heterocycles. The number of hydrogen-bond acceptors (Lipinski definition) is 3. The van der Waals surface area contributed by atoms with E-state index < -0.39 is 5.97 Å². The van der Waals surface area contributed by atoms with E-state index in [1.54, 1.807) is 19.2 Å². The number of benzene rings is 1. The summed E-state index contributed by atoms with van der Waals surface area (Å²) in [4.78, 5) is 16.3. The van der Waals surface area contributed by atoms with E-state index >= 15 is 0 Å². The molecule has 0 bridgehead atoms. The Hall–Kier alpha value is -1.33. The van der Waals surface area contributed by atoms with E-state index in [1.807, 2.05) is 25.1 Å². The van der Waals surface area contributed by atoms with E-state index in [0.29, 0.717) is 5.56 Å². The van der Waals surface area contributed by atoms with Crippen LogP contribution < -0.4 is 0 Å². The van der Waals surface area contributed by atoms with Gasteiger partial charge < -0.3 is 5.11 Å². The van der Waals surface area contributed by atoms with Crippen LogP contribution in [0.2, 0.25) is 0 Å². The molecule has 0 unspecified atom stereocenters. The maximum Gasteiger partial charge on any atom is 0.335 e. The van der Waals surface area contributed by atoms with Gasteiger partial charge in [0.2, 0.25) is 0 Å². The van der Waals surface area contributed by atoms with Crippen molar-refractivity contribution in [2.24, 2.45) is 0 Å². The first-order chi connectivity index (χ1) is 8.97. The fraction of sp³-hybridized carbons (Fsp3) is 0.143. The number of carboxylic acids is 1. The van der Waals surface area contributed by atoms with Crippen LogP contribution in [0.1, 0.15) is 21.5 Å². The van der Waals surface area contributed by atoms with Crippen molar-refractivity contribution in [1.29, 1.82) is 0 Å². The van der Waals surface area contributed by atoms with Gasteiger partial charge in [-0.15, -0.1) is 0 Å². The molecular weight excluding hydrogens is 326 g/mol. The van der Waals surface area contributed by atoms with Gasteiger partial charge in [0.25, 0.3) is 0 Å². The van der Waals surface area contributed by atoms with E-state index in [1.165, 1.54) is 11.8 Å². The van der Waals surface area contributed by atoms with Crippen LogP contribution >= 0.6 is 27.7 Å². The molecule has 0 saturated heterocycles. The van der Waals surface area contributed by atoms with Gasteiger partial charge in [0.05, 0.1) is 10.0 Å². The third-order valence-corrected chi connectivity index (χ3v) is 4.47. The average Bonchev–Trinajstić information content (AvgIpc) is 2.34. The molecule has 3 nitrogen and oxygen atoms in total. The van der Waals surface area contributed by atoms with Gasteiger partial charge in [-0.25, -0.2) is 9.78 Å². The maximum absolute atomic E-state index is 11.1. The van der Waals surface area contributed by atoms with E-state index in [-0.39, 0.29) is 0 Å². The van der Waals surface area contributed by atoms with E-state index in [4.69, 9.17) is 5.11 Å². The number of carboxylic acid groups (broad SMARTS) is 1. The number of aromatic nitrogens is 1. The molecule has 5 heteroatoms. The quantitative estimate of drug-likeness (QED) is 0.906. The van der Waals surface area contributed by atoms with Crippen LogP contribution in [0.4, 0.5) is 0 Å². The number of pyridine rings is 1. The van der Waals surface area contributed by atoms with E-state index in [0.717, 1.165) is 25.5 Å². The zero-order chi connectivity index (χ0) is 14.0. The van der Waals surface area contributed by atoms with Crippen molar-refractivity contribution in [3.05, 3.63) is 51.6 Å². The lowest BCUT2D eigenvalue weighted by atomic mass is 10.1. The number of aromatic carboxylic acids is 1. The molecule has 0 radical (unpaired) electrons. The molecule has 0 atom stereocenters. The van der Waals surface area contributed by atoms with Crippen molar-refractivity contribution < 1.29 is 9.90 Å². The largest absolute Gasteiger partial charge is 0.478 e. The monoisotopic (exact) mass is 337 g/mol. The Bertz CT molecular complexity index is 643. The minimum atomic E-state index is -0.907.